The quantitative estimate of drug-likeness (QED) is 0.502. The van der Waals surface area contributed by atoms with Crippen LogP contribution in [0.2, 0.25) is 5.02 Å². The Balaban J connectivity index is 1.81. The van der Waals surface area contributed by atoms with Gasteiger partial charge in [0, 0.05) is 10.6 Å². The molecule has 3 rings (SSSR count). The minimum Gasteiger partial charge on any atom is -0.507 e. The lowest BCUT2D eigenvalue weighted by atomic mass is 10.1. The van der Waals surface area contributed by atoms with E-state index >= 15 is 0 Å². The first-order chi connectivity index (χ1) is 12.4. The molecule has 0 radical (unpaired) electrons. The molecule has 0 unspecified atom stereocenters. The van der Waals surface area contributed by atoms with Gasteiger partial charge in [0.25, 0.3) is 0 Å². The first-order valence-corrected chi connectivity index (χ1v) is 8.62. The van der Waals surface area contributed by atoms with Gasteiger partial charge in [0.15, 0.2) is 5.82 Å². The molecule has 2 N–H and O–H groups in total. The number of H-pyrrole nitrogens is 1. The fourth-order valence-electron chi connectivity index (χ4n) is 2.39. The van der Waals surface area contributed by atoms with Gasteiger partial charge < -0.3 is 9.84 Å². The highest BCUT2D eigenvalue weighted by molar-refractivity contribution is 7.71. The van der Waals surface area contributed by atoms with Gasteiger partial charge in [-0.2, -0.15) is 14.9 Å². The first-order valence-electron chi connectivity index (χ1n) is 7.83. The average molecular weight is 389 g/mol. The highest BCUT2D eigenvalue weighted by Crippen LogP contribution is 2.21. The number of phenolic OH excluding ortho intramolecular Hbond substituents is 1. The summed E-state index contributed by atoms with van der Waals surface area (Å²) in [6, 6.07) is 10.7. The number of ether oxygens (including phenoxy) is 1. The highest BCUT2D eigenvalue weighted by atomic mass is 35.5. The number of aromatic hydroxyl groups is 1. The number of rotatable bonds is 5. The van der Waals surface area contributed by atoms with Crippen molar-refractivity contribution in [2.75, 3.05) is 0 Å². The summed E-state index contributed by atoms with van der Waals surface area (Å²) in [6.45, 7) is 4.21. The van der Waals surface area contributed by atoms with Crippen LogP contribution in [0.4, 0.5) is 0 Å². The maximum absolute atomic E-state index is 9.87. The molecule has 0 aliphatic carbocycles. The Hall–Kier alpha value is -2.64. The van der Waals surface area contributed by atoms with Crippen molar-refractivity contribution in [1.82, 2.24) is 14.9 Å². The molecule has 0 bridgehead atoms. The van der Waals surface area contributed by atoms with Crippen LogP contribution in [-0.2, 0) is 6.61 Å². The molecule has 2 aromatic carbocycles. The van der Waals surface area contributed by atoms with E-state index in [0.29, 0.717) is 21.2 Å². The number of phenols is 1. The maximum Gasteiger partial charge on any atom is 0.216 e. The van der Waals surface area contributed by atoms with Crippen LogP contribution in [0.3, 0.4) is 0 Å². The zero-order valence-corrected chi connectivity index (χ0v) is 15.8. The summed E-state index contributed by atoms with van der Waals surface area (Å²) >= 11 is 11.2. The lowest BCUT2D eigenvalue weighted by Gasteiger charge is -2.09. The van der Waals surface area contributed by atoms with Crippen molar-refractivity contribution in [2.45, 2.75) is 20.5 Å². The van der Waals surface area contributed by atoms with E-state index in [1.165, 1.54) is 22.5 Å². The van der Waals surface area contributed by atoms with Gasteiger partial charge in [-0.15, -0.1) is 0 Å². The van der Waals surface area contributed by atoms with E-state index in [9.17, 15) is 5.11 Å². The Labute approximate surface area is 160 Å². The average Bonchev–Trinajstić information content (AvgIpc) is 2.95. The number of halogens is 1. The van der Waals surface area contributed by atoms with Crippen molar-refractivity contribution in [2.24, 2.45) is 5.10 Å². The Morgan fingerprint density at radius 3 is 2.88 bits per heavy atom. The van der Waals surface area contributed by atoms with Crippen molar-refractivity contribution >= 4 is 30.0 Å². The Bertz CT molecular complexity index is 1030. The zero-order chi connectivity index (χ0) is 18.7. The number of hydrogen-bond donors (Lipinski definition) is 2. The summed E-state index contributed by atoms with van der Waals surface area (Å²) in [4.78, 5) is 0. The van der Waals surface area contributed by atoms with Crippen LogP contribution in [0.5, 0.6) is 11.5 Å². The van der Waals surface area contributed by atoms with E-state index in [2.05, 4.69) is 15.3 Å². The second-order valence-electron chi connectivity index (χ2n) is 5.76. The third-order valence-corrected chi connectivity index (χ3v) is 4.21. The molecule has 0 fully saturated rings. The summed E-state index contributed by atoms with van der Waals surface area (Å²) in [6.07, 6.45) is 1.47. The molecule has 0 saturated heterocycles. The molecule has 8 heteroatoms. The van der Waals surface area contributed by atoms with Crippen LogP contribution in [-0.4, -0.2) is 26.2 Å². The maximum atomic E-state index is 9.87. The van der Waals surface area contributed by atoms with E-state index in [0.717, 1.165) is 11.3 Å². The molecule has 0 amide bonds. The van der Waals surface area contributed by atoms with Crippen molar-refractivity contribution < 1.29 is 9.84 Å². The molecule has 6 nitrogen and oxygen atoms in total. The summed E-state index contributed by atoms with van der Waals surface area (Å²) in [5.41, 5.74) is 2.68. The summed E-state index contributed by atoms with van der Waals surface area (Å²) in [5, 5.41) is 21.5. The molecule has 0 spiro atoms. The van der Waals surface area contributed by atoms with Crippen LogP contribution >= 0.6 is 23.8 Å². The van der Waals surface area contributed by atoms with Gasteiger partial charge in [-0.25, -0.2) is 5.10 Å². The second kappa shape index (κ2) is 7.72. The van der Waals surface area contributed by atoms with Crippen molar-refractivity contribution in [3.05, 3.63) is 68.7 Å². The third-order valence-electron chi connectivity index (χ3n) is 3.71. The van der Waals surface area contributed by atoms with Crippen LogP contribution in [0, 0.1) is 18.6 Å². The van der Waals surface area contributed by atoms with Gasteiger partial charge >= 0.3 is 0 Å². The lowest BCUT2D eigenvalue weighted by Crippen LogP contribution is -2.05. The molecule has 134 valence electrons. The van der Waals surface area contributed by atoms with E-state index in [1.807, 2.05) is 32.0 Å². The SMILES string of the molecule is Cc1ccc(OCc2n[nH]c(=S)n2/N=C/c2cc(Cl)ccc2O)c(C)c1. The van der Waals surface area contributed by atoms with Crippen molar-refractivity contribution in [3.8, 4) is 11.5 Å². The van der Waals surface area contributed by atoms with Crippen LogP contribution in [0.1, 0.15) is 22.5 Å². The fraction of sp³-hybridized carbons (Fsp3) is 0.167. The van der Waals surface area contributed by atoms with Crippen LogP contribution in [0.15, 0.2) is 41.5 Å². The fourth-order valence-corrected chi connectivity index (χ4v) is 2.77. The number of aromatic nitrogens is 3. The number of hydrogen-bond acceptors (Lipinski definition) is 5. The zero-order valence-electron chi connectivity index (χ0n) is 14.2. The molecule has 3 aromatic rings. The molecule has 0 aliphatic rings. The Kier molecular flexibility index (Phi) is 5.39. The van der Waals surface area contributed by atoms with Gasteiger partial charge in [0.1, 0.15) is 18.1 Å². The largest absolute Gasteiger partial charge is 0.507 e. The van der Waals surface area contributed by atoms with Gasteiger partial charge in [0.05, 0.1) is 6.21 Å². The van der Waals surface area contributed by atoms with Gasteiger partial charge in [-0.1, -0.05) is 29.3 Å². The topological polar surface area (TPSA) is 75.4 Å². The van der Waals surface area contributed by atoms with Gasteiger partial charge in [-0.3, -0.25) is 0 Å². The van der Waals surface area contributed by atoms with Crippen LogP contribution in [0.25, 0.3) is 0 Å². The van der Waals surface area contributed by atoms with Crippen molar-refractivity contribution in [3.63, 3.8) is 0 Å². The molecule has 26 heavy (non-hydrogen) atoms. The number of aromatic amines is 1. The lowest BCUT2D eigenvalue weighted by molar-refractivity contribution is 0.288. The molecule has 1 aromatic heterocycles. The highest BCUT2D eigenvalue weighted by Gasteiger charge is 2.08. The predicted octanol–water partition coefficient (Wildman–Crippen LogP) is 4.38. The minimum atomic E-state index is 0.0706. The molecular formula is C18H17ClN4O2S. The van der Waals surface area contributed by atoms with Crippen LogP contribution < -0.4 is 4.74 Å². The normalized spacial score (nSPS) is 11.2. The third kappa shape index (κ3) is 4.12. The molecule has 1 heterocycles. The Morgan fingerprint density at radius 2 is 2.12 bits per heavy atom. The summed E-state index contributed by atoms with van der Waals surface area (Å²) < 4.78 is 7.60. The minimum absolute atomic E-state index is 0.0706. The predicted molar refractivity (Wildman–Crippen MR) is 104 cm³/mol. The number of nitrogens with one attached hydrogen (secondary N) is 1. The summed E-state index contributed by atoms with van der Waals surface area (Å²) in [7, 11) is 0. The number of aryl methyl sites for hydroxylation is 2. The number of benzene rings is 2. The summed E-state index contributed by atoms with van der Waals surface area (Å²) in [5.74, 6) is 1.35. The van der Waals surface area contributed by atoms with Gasteiger partial charge in [-0.05, 0) is 55.9 Å². The monoisotopic (exact) mass is 388 g/mol. The second-order valence-corrected chi connectivity index (χ2v) is 6.59. The van der Waals surface area contributed by atoms with Gasteiger partial charge in [0.2, 0.25) is 4.77 Å². The van der Waals surface area contributed by atoms with E-state index < -0.39 is 0 Å². The smallest absolute Gasteiger partial charge is 0.216 e. The molecule has 0 saturated carbocycles. The van der Waals surface area contributed by atoms with E-state index in [-0.39, 0.29) is 12.4 Å². The standard InChI is InChI=1S/C18H17ClN4O2S/c1-11-3-6-16(12(2)7-11)25-10-17-21-22-18(26)23(17)20-9-13-8-14(19)4-5-15(13)24/h3-9,24H,10H2,1-2H3,(H,22,26)/b20-9+. The van der Waals surface area contributed by atoms with Crippen molar-refractivity contribution in [1.29, 1.82) is 0 Å². The van der Waals surface area contributed by atoms with E-state index in [4.69, 9.17) is 28.6 Å². The molecular weight excluding hydrogens is 372 g/mol. The molecule has 0 atom stereocenters. The Morgan fingerprint density at radius 1 is 1.31 bits per heavy atom. The van der Waals surface area contributed by atoms with E-state index in [1.54, 1.807) is 12.1 Å². The number of nitrogens with zero attached hydrogens (tertiary/aromatic N) is 3. The first kappa shape index (κ1) is 18.2. The molecule has 0 aliphatic heterocycles.